The van der Waals surface area contributed by atoms with Crippen molar-refractivity contribution in [3.05, 3.63) is 69.7 Å². The topological polar surface area (TPSA) is 38.0 Å². The zero-order valence-corrected chi connectivity index (χ0v) is 11.8. The fourth-order valence-electron chi connectivity index (χ4n) is 1.85. The monoisotopic (exact) mass is 304 g/mol. The summed E-state index contributed by atoms with van der Waals surface area (Å²) in [5.41, 5.74) is 9.35. The first-order valence-electron chi connectivity index (χ1n) is 6.01. The van der Waals surface area contributed by atoms with Gasteiger partial charge in [-0.25, -0.2) is 0 Å². The van der Waals surface area contributed by atoms with Gasteiger partial charge >= 0.3 is 0 Å². The largest absolute Gasteiger partial charge is 0.326 e. The molecule has 0 aliphatic carbocycles. The van der Waals surface area contributed by atoms with Gasteiger partial charge < -0.3 is 11.1 Å². The molecule has 2 aromatic rings. The summed E-state index contributed by atoms with van der Waals surface area (Å²) in [6.07, 6.45) is 0. The second kappa shape index (κ2) is 6.69. The van der Waals surface area contributed by atoms with Gasteiger partial charge in [0.1, 0.15) is 0 Å². The quantitative estimate of drug-likeness (QED) is 0.890. The lowest BCUT2D eigenvalue weighted by Crippen LogP contribution is -2.13. The minimum absolute atomic E-state index is 0.595. The molecule has 0 amide bonds. The third-order valence-corrected chi connectivity index (χ3v) is 3.60. The Kier molecular flexibility index (Phi) is 4.93. The van der Waals surface area contributed by atoms with Crippen molar-refractivity contribution in [3.8, 4) is 0 Å². The van der Waals surface area contributed by atoms with Crippen molar-refractivity contribution in [3.63, 3.8) is 0 Å². The smallest absolute Gasteiger partial charge is 0.0220 e. The number of hydrogen-bond acceptors (Lipinski definition) is 2. The lowest BCUT2D eigenvalue weighted by atomic mass is 10.1. The minimum Gasteiger partial charge on any atom is -0.326 e. The van der Waals surface area contributed by atoms with Crippen LogP contribution in [0.1, 0.15) is 16.7 Å². The molecular formula is C15H17BrN2. The van der Waals surface area contributed by atoms with Gasteiger partial charge in [-0.15, -0.1) is 0 Å². The Morgan fingerprint density at radius 1 is 0.944 bits per heavy atom. The van der Waals surface area contributed by atoms with Gasteiger partial charge in [-0.1, -0.05) is 58.4 Å². The molecule has 0 fully saturated rings. The van der Waals surface area contributed by atoms with E-state index in [1.807, 2.05) is 6.07 Å². The summed E-state index contributed by atoms with van der Waals surface area (Å²) >= 11 is 3.55. The summed E-state index contributed by atoms with van der Waals surface area (Å²) in [6.45, 7) is 2.31. The molecule has 0 aliphatic rings. The Labute approximate surface area is 116 Å². The van der Waals surface area contributed by atoms with Gasteiger partial charge in [-0.3, -0.25) is 0 Å². The molecule has 0 unspecified atom stereocenters. The van der Waals surface area contributed by atoms with Crippen LogP contribution in [0.15, 0.2) is 53.0 Å². The first-order chi connectivity index (χ1) is 8.79. The lowest BCUT2D eigenvalue weighted by Gasteiger charge is -2.08. The summed E-state index contributed by atoms with van der Waals surface area (Å²) in [6, 6.07) is 16.6. The van der Waals surface area contributed by atoms with Gasteiger partial charge in [0.05, 0.1) is 0 Å². The molecule has 0 radical (unpaired) electrons. The van der Waals surface area contributed by atoms with Crippen molar-refractivity contribution in [2.75, 3.05) is 0 Å². The lowest BCUT2D eigenvalue weighted by molar-refractivity contribution is 0.691. The van der Waals surface area contributed by atoms with E-state index in [1.54, 1.807) is 0 Å². The van der Waals surface area contributed by atoms with Crippen LogP contribution in [0, 0.1) is 0 Å². The van der Waals surface area contributed by atoms with Crippen molar-refractivity contribution in [1.82, 2.24) is 5.32 Å². The van der Waals surface area contributed by atoms with Crippen LogP contribution in [-0.4, -0.2) is 0 Å². The molecule has 0 saturated heterocycles. The summed E-state index contributed by atoms with van der Waals surface area (Å²) in [4.78, 5) is 0. The zero-order chi connectivity index (χ0) is 12.8. The Bertz CT molecular complexity index is 511. The summed E-state index contributed by atoms with van der Waals surface area (Å²) < 4.78 is 1.15. The van der Waals surface area contributed by atoms with E-state index in [2.05, 4.69) is 63.7 Å². The Balaban J connectivity index is 1.90. The van der Waals surface area contributed by atoms with E-state index < -0.39 is 0 Å². The fourth-order valence-corrected chi connectivity index (χ4v) is 2.27. The van der Waals surface area contributed by atoms with Gasteiger partial charge in [0.15, 0.2) is 0 Å². The highest BCUT2D eigenvalue weighted by molar-refractivity contribution is 9.10. The van der Waals surface area contributed by atoms with Gasteiger partial charge in [0.25, 0.3) is 0 Å². The Hall–Kier alpha value is -1.16. The molecule has 0 spiro atoms. The van der Waals surface area contributed by atoms with E-state index in [0.29, 0.717) is 6.54 Å². The molecule has 0 aliphatic heterocycles. The molecule has 3 heteroatoms. The van der Waals surface area contributed by atoms with Crippen LogP contribution in [0.25, 0.3) is 0 Å². The van der Waals surface area contributed by atoms with E-state index in [9.17, 15) is 0 Å². The third kappa shape index (κ3) is 3.67. The molecular weight excluding hydrogens is 288 g/mol. The van der Waals surface area contributed by atoms with Crippen LogP contribution >= 0.6 is 15.9 Å². The molecule has 2 aromatic carbocycles. The predicted octanol–water partition coefficient (Wildman–Crippen LogP) is 3.20. The van der Waals surface area contributed by atoms with Crippen LogP contribution in [0.2, 0.25) is 0 Å². The molecule has 18 heavy (non-hydrogen) atoms. The van der Waals surface area contributed by atoms with Crippen LogP contribution in [-0.2, 0) is 19.6 Å². The highest BCUT2D eigenvalue weighted by atomic mass is 79.9. The second-order valence-corrected chi connectivity index (χ2v) is 5.07. The van der Waals surface area contributed by atoms with E-state index in [4.69, 9.17) is 5.73 Å². The number of rotatable bonds is 5. The minimum atomic E-state index is 0.595. The van der Waals surface area contributed by atoms with Crippen LogP contribution in [0.4, 0.5) is 0 Å². The van der Waals surface area contributed by atoms with Gasteiger partial charge in [-0.05, 0) is 22.8 Å². The highest BCUT2D eigenvalue weighted by Gasteiger charge is 1.98. The molecule has 0 heterocycles. The molecule has 0 atom stereocenters. The number of hydrogen-bond donors (Lipinski definition) is 2. The molecule has 0 aromatic heterocycles. The van der Waals surface area contributed by atoms with Crippen molar-refractivity contribution in [2.24, 2.45) is 5.73 Å². The average molecular weight is 305 g/mol. The van der Waals surface area contributed by atoms with E-state index in [1.165, 1.54) is 16.7 Å². The van der Waals surface area contributed by atoms with Gasteiger partial charge in [-0.2, -0.15) is 0 Å². The summed E-state index contributed by atoms with van der Waals surface area (Å²) in [5, 5.41) is 3.44. The van der Waals surface area contributed by atoms with Crippen LogP contribution in [0.3, 0.4) is 0 Å². The maximum Gasteiger partial charge on any atom is 0.0220 e. The standard InChI is InChI=1S/C15H17BrN2/c16-15-7-2-1-6-14(15)11-18-10-13-5-3-4-12(8-13)9-17/h1-8,18H,9-11,17H2. The van der Waals surface area contributed by atoms with Crippen molar-refractivity contribution in [1.29, 1.82) is 0 Å². The maximum atomic E-state index is 5.63. The summed E-state index contributed by atoms with van der Waals surface area (Å²) in [7, 11) is 0. The van der Waals surface area contributed by atoms with E-state index in [-0.39, 0.29) is 0 Å². The van der Waals surface area contributed by atoms with Crippen LogP contribution < -0.4 is 11.1 Å². The number of nitrogens with two attached hydrogens (primary N) is 1. The SMILES string of the molecule is NCc1cccc(CNCc2ccccc2Br)c1. The highest BCUT2D eigenvalue weighted by Crippen LogP contribution is 2.15. The molecule has 0 bridgehead atoms. The normalized spacial score (nSPS) is 10.6. The Morgan fingerprint density at radius 3 is 2.50 bits per heavy atom. The molecule has 94 valence electrons. The molecule has 0 saturated carbocycles. The zero-order valence-electron chi connectivity index (χ0n) is 10.2. The number of benzene rings is 2. The van der Waals surface area contributed by atoms with Crippen molar-refractivity contribution in [2.45, 2.75) is 19.6 Å². The number of nitrogens with one attached hydrogen (secondary N) is 1. The first kappa shape index (κ1) is 13.3. The molecule has 2 nitrogen and oxygen atoms in total. The second-order valence-electron chi connectivity index (χ2n) is 4.22. The first-order valence-corrected chi connectivity index (χ1v) is 6.81. The predicted molar refractivity (Wildman–Crippen MR) is 79.0 cm³/mol. The maximum absolute atomic E-state index is 5.63. The average Bonchev–Trinajstić information content (AvgIpc) is 2.41. The van der Waals surface area contributed by atoms with Crippen LogP contribution in [0.5, 0.6) is 0 Å². The van der Waals surface area contributed by atoms with Gasteiger partial charge in [0, 0.05) is 24.1 Å². The number of halogens is 1. The van der Waals surface area contributed by atoms with Crippen molar-refractivity contribution >= 4 is 15.9 Å². The van der Waals surface area contributed by atoms with Crippen molar-refractivity contribution < 1.29 is 0 Å². The van der Waals surface area contributed by atoms with E-state index >= 15 is 0 Å². The molecule has 2 rings (SSSR count). The molecule has 3 N–H and O–H groups in total. The van der Waals surface area contributed by atoms with Gasteiger partial charge in [0.2, 0.25) is 0 Å². The third-order valence-electron chi connectivity index (χ3n) is 2.83. The summed E-state index contributed by atoms with van der Waals surface area (Å²) in [5.74, 6) is 0. The van der Waals surface area contributed by atoms with E-state index in [0.717, 1.165) is 17.6 Å². The fraction of sp³-hybridized carbons (Fsp3) is 0.200. The Morgan fingerprint density at radius 2 is 1.72 bits per heavy atom.